The molecule has 0 aromatic heterocycles. The molecule has 2 aromatic rings. The van der Waals surface area contributed by atoms with Crippen molar-refractivity contribution in [2.75, 3.05) is 19.0 Å². The highest BCUT2D eigenvalue weighted by molar-refractivity contribution is 6.01. The number of hydrogen-bond acceptors (Lipinski definition) is 4. The van der Waals surface area contributed by atoms with Crippen LogP contribution >= 0.6 is 0 Å². The second kappa shape index (κ2) is 7.26. The van der Waals surface area contributed by atoms with Gasteiger partial charge in [-0.1, -0.05) is 30.3 Å². The lowest BCUT2D eigenvalue weighted by Gasteiger charge is -2.11. The van der Waals surface area contributed by atoms with Gasteiger partial charge in [0, 0.05) is 0 Å². The highest BCUT2D eigenvalue weighted by Crippen LogP contribution is 2.18. The number of amides is 1. The Labute approximate surface area is 128 Å². The van der Waals surface area contributed by atoms with Crippen molar-refractivity contribution in [2.45, 2.75) is 6.92 Å². The van der Waals surface area contributed by atoms with Crippen LogP contribution in [0.25, 0.3) is 0 Å². The van der Waals surface area contributed by atoms with Gasteiger partial charge in [-0.3, -0.25) is 4.79 Å². The first kappa shape index (κ1) is 15.6. The van der Waals surface area contributed by atoms with E-state index >= 15 is 0 Å². The van der Waals surface area contributed by atoms with E-state index in [4.69, 9.17) is 4.74 Å². The van der Waals surface area contributed by atoms with Gasteiger partial charge in [0.05, 0.1) is 18.4 Å². The molecule has 0 aliphatic carbocycles. The minimum Gasteiger partial charge on any atom is -0.483 e. The molecule has 5 heteroatoms. The Balaban J connectivity index is 2.01. The first-order chi connectivity index (χ1) is 10.6. The Morgan fingerprint density at radius 1 is 1.05 bits per heavy atom. The molecule has 0 unspecified atom stereocenters. The summed E-state index contributed by atoms with van der Waals surface area (Å²) in [7, 11) is 1.29. The second-order valence-electron chi connectivity index (χ2n) is 4.64. The van der Waals surface area contributed by atoms with E-state index in [-0.39, 0.29) is 12.5 Å². The molecule has 0 radical (unpaired) electrons. The summed E-state index contributed by atoms with van der Waals surface area (Å²) in [6.07, 6.45) is 0. The first-order valence-electron chi connectivity index (χ1n) is 6.77. The average molecular weight is 299 g/mol. The van der Waals surface area contributed by atoms with Gasteiger partial charge in [0.15, 0.2) is 6.61 Å². The third kappa shape index (κ3) is 3.85. The van der Waals surface area contributed by atoms with Gasteiger partial charge in [0.1, 0.15) is 5.75 Å². The smallest absolute Gasteiger partial charge is 0.339 e. The molecule has 0 aliphatic rings. The summed E-state index contributed by atoms with van der Waals surface area (Å²) in [6, 6.07) is 14.1. The minimum absolute atomic E-state index is 0.139. The Morgan fingerprint density at radius 2 is 1.73 bits per heavy atom. The number of hydrogen-bond donors (Lipinski definition) is 1. The van der Waals surface area contributed by atoms with Crippen LogP contribution < -0.4 is 10.1 Å². The van der Waals surface area contributed by atoms with E-state index in [0.29, 0.717) is 17.0 Å². The van der Waals surface area contributed by atoms with E-state index in [2.05, 4.69) is 10.1 Å². The minimum atomic E-state index is -0.504. The number of benzene rings is 2. The van der Waals surface area contributed by atoms with Gasteiger partial charge < -0.3 is 14.8 Å². The van der Waals surface area contributed by atoms with Crippen LogP contribution in [0.1, 0.15) is 15.9 Å². The van der Waals surface area contributed by atoms with E-state index in [1.807, 2.05) is 25.1 Å². The molecule has 1 amide bonds. The normalized spacial score (nSPS) is 9.91. The van der Waals surface area contributed by atoms with Gasteiger partial charge in [-0.05, 0) is 30.7 Å². The summed E-state index contributed by atoms with van der Waals surface area (Å²) in [5.74, 6) is -0.200. The summed E-state index contributed by atoms with van der Waals surface area (Å²) >= 11 is 0. The lowest BCUT2D eigenvalue weighted by molar-refractivity contribution is -0.118. The van der Waals surface area contributed by atoms with Gasteiger partial charge in [0.2, 0.25) is 0 Å². The Morgan fingerprint density at radius 3 is 2.45 bits per heavy atom. The number of ether oxygens (including phenoxy) is 2. The van der Waals surface area contributed by atoms with Crippen molar-refractivity contribution in [2.24, 2.45) is 0 Å². The number of aryl methyl sites for hydroxylation is 1. The number of esters is 1. The van der Waals surface area contributed by atoms with Gasteiger partial charge in [-0.2, -0.15) is 0 Å². The van der Waals surface area contributed by atoms with Crippen LogP contribution in [0.15, 0.2) is 48.5 Å². The number of nitrogens with one attached hydrogen (secondary N) is 1. The highest BCUT2D eigenvalue weighted by atomic mass is 16.5. The third-order valence-electron chi connectivity index (χ3n) is 3.06. The number of anilines is 1. The van der Waals surface area contributed by atoms with Gasteiger partial charge in [0.25, 0.3) is 5.91 Å². The summed E-state index contributed by atoms with van der Waals surface area (Å²) in [6.45, 7) is 1.76. The molecule has 0 atom stereocenters. The molecule has 1 N–H and O–H groups in total. The van der Waals surface area contributed by atoms with Crippen LogP contribution in [0, 0.1) is 6.92 Å². The van der Waals surface area contributed by atoms with E-state index in [1.54, 1.807) is 30.3 Å². The van der Waals surface area contributed by atoms with Crippen molar-refractivity contribution in [3.05, 3.63) is 59.7 Å². The maximum Gasteiger partial charge on any atom is 0.339 e. The maximum atomic E-state index is 12.0. The topological polar surface area (TPSA) is 64.6 Å². The van der Waals surface area contributed by atoms with E-state index in [1.165, 1.54) is 7.11 Å². The van der Waals surface area contributed by atoms with Crippen molar-refractivity contribution in [1.82, 2.24) is 0 Å². The largest absolute Gasteiger partial charge is 0.483 e. The lowest BCUT2D eigenvalue weighted by Crippen LogP contribution is -2.22. The number of carbonyl (C=O) groups is 2. The number of carbonyl (C=O) groups excluding carboxylic acids is 2. The lowest BCUT2D eigenvalue weighted by atomic mass is 10.2. The maximum absolute atomic E-state index is 12.0. The Kier molecular flexibility index (Phi) is 5.14. The molecular formula is C17H17NO4. The summed E-state index contributed by atoms with van der Waals surface area (Å²) in [4.78, 5) is 23.6. The van der Waals surface area contributed by atoms with Crippen LogP contribution in [-0.4, -0.2) is 25.6 Å². The zero-order valence-electron chi connectivity index (χ0n) is 12.5. The highest BCUT2D eigenvalue weighted by Gasteiger charge is 2.13. The van der Waals surface area contributed by atoms with Crippen LogP contribution in [-0.2, 0) is 9.53 Å². The number of methoxy groups -OCH3 is 1. The van der Waals surface area contributed by atoms with Crippen molar-refractivity contribution in [3.8, 4) is 5.75 Å². The predicted octanol–water partition coefficient (Wildman–Crippen LogP) is 2.80. The molecular weight excluding hydrogens is 282 g/mol. The standard InChI is InChI=1S/C17H17NO4/c1-12-7-3-6-10-15(12)22-11-16(19)18-14-9-5-4-8-13(14)17(20)21-2/h3-10H,11H2,1-2H3,(H,18,19). The molecule has 114 valence electrons. The van der Waals surface area contributed by atoms with Crippen molar-refractivity contribution < 1.29 is 19.1 Å². The molecule has 0 heterocycles. The number of para-hydroxylation sites is 2. The molecule has 0 fully saturated rings. The van der Waals surface area contributed by atoms with Gasteiger partial charge in [-0.25, -0.2) is 4.79 Å². The molecule has 0 saturated carbocycles. The van der Waals surface area contributed by atoms with Crippen molar-refractivity contribution >= 4 is 17.6 Å². The van der Waals surface area contributed by atoms with Gasteiger partial charge >= 0.3 is 5.97 Å². The first-order valence-corrected chi connectivity index (χ1v) is 6.77. The van der Waals surface area contributed by atoms with Gasteiger partial charge in [-0.15, -0.1) is 0 Å². The van der Waals surface area contributed by atoms with E-state index < -0.39 is 5.97 Å². The van der Waals surface area contributed by atoms with E-state index in [0.717, 1.165) is 5.56 Å². The van der Waals surface area contributed by atoms with Crippen LogP contribution in [0.4, 0.5) is 5.69 Å². The fourth-order valence-electron chi connectivity index (χ4n) is 1.93. The molecule has 2 rings (SSSR count). The van der Waals surface area contributed by atoms with Crippen LogP contribution in [0.3, 0.4) is 0 Å². The molecule has 22 heavy (non-hydrogen) atoms. The average Bonchev–Trinajstić information content (AvgIpc) is 2.54. The molecule has 2 aromatic carbocycles. The quantitative estimate of drug-likeness (QED) is 0.862. The molecule has 0 saturated heterocycles. The predicted molar refractivity (Wildman–Crippen MR) is 83.1 cm³/mol. The monoisotopic (exact) mass is 299 g/mol. The summed E-state index contributed by atoms with van der Waals surface area (Å²) < 4.78 is 10.2. The van der Waals surface area contributed by atoms with E-state index in [9.17, 15) is 9.59 Å². The molecule has 0 bridgehead atoms. The zero-order chi connectivity index (χ0) is 15.9. The molecule has 0 aliphatic heterocycles. The SMILES string of the molecule is COC(=O)c1ccccc1NC(=O)COc1ccccc1C. The fourth-order valence-corrected chi connectivity index (χ4v) is 1.93. The van der Waals surface area contributed by atoms with Crippen molar-refractivity contribution in [3.63, 3.8) is 0 Å². The number of rotatable bonds is 5. The third-order valence-corrected chi connectivity index (χ3v) is 3.06. The molecule has 0 spiro atoms. The summed E-state index contributed by atoms with van der Waals surface area (Å²) in [5.41, 5.74) is 1.65. The van der Waals surface area contributed by atoms with Crippen molar-refractivity contribution in [1.29, 1.82) is 0 Å². The second-order valence-corrected chi connectivity index (χ2v) is 4.64. The fraction of sp³-hybridized carbons (Fsp3) is 0.176. The Bertz CT molecular complexity index is 682. The molecule has 5 nitrogen and oxygen atoms in total. The Hall–Kier alpha value is -2.82. The summed E-state index contributed by atoms with van der Waals surface area (Å²) in [5, 5.41) is 2.65. The van der Waals surface area contributed by atoms with Crippen LogP contribution in [0.2, 0.25) is 0 Å². The zero-order valence-corrected chi connectivity index (χ0v) is 12.5. The van der Waals surface area contributed by atoms with Crippen LogP contribution in [0.5, 0.6) is 5.75 Å².